The van der Waals surface area contributed by atoms with Crippen molar-refractivity contribution in [3.8, 4) is 11.5 Å². The van der Waals surface area contributed by atoms with Crippen molar-refractivity contribution in [3.05, 3.63) is 23.3 Å². The molecule has 98 valence electrons. The standard InChI is InChI=1S/C14H18O4/c1-17-11-7-10-6-9(14(15)16)4-3-5-12(10)13(8-11)18-2/h7-9H,3-6H2,1-2H3,(H,15,16)/t9-/m0/s1. The Bertz CT molecular complexity index is 453. The third-order valence-corrected chi connectivity index (χ3v) is 3.53. The molecule has 0 spiro atoms. The summed E-state index contributed by atoms with van der Waals surface area (Å²) in [5, 5.41) is 9.18. The Morgan fingerprint density at radius 2 is 2.11 bits per heavy atom. The Hall–Kier alpha value is -1.71. The lowest BCUT2D eigenvalue weighted by Crippen LogP contribution is -2.15. The van der Waals surface area contributed by atoms with E-state index in [-0.39, 0.29) is 5.92 Å². The maximum atomic E-state index is 11.2. The van der Waals surface area contributed by atoms with Gasteiger partial charge in [-0.25, -0.2) is 0 Å². The maximum Gasteiger partial charge on any atom is 0.306 e. The summed E-state index contributed by atoms with van der Waals surface area (Å²) in [5.41, 5.74) is 2.16. The largest absolute Gasteiger partial charge is 0.497 e. The molecule has 1 N–H and O–H groups in total. The molecular weight excluding hydrogens is 232 g/mol. The number of hydrogen-bond donors (Lipinski definition) is 1. The molecule has 0 fully saturated rings. The maximum absolute atomic E-state index is 11.2. The molecule has 0 amide bonds. The van der Waals surface area contributed by atoms with E-state index >= 15 is 0 Å². The Kier molecular flexibility index (Phi) is 3.75. The molecule has 1 aromatic carbocycles. The van der Waals surface area contributed by atoms with Crippen LogP contribution >= 0.6 is 0 Å². The lowest BCUT2D eigenvalue weighted by molar-refractivity contribution is -0.141. The van der Waals surface area contributed by atoms with Crippen LogP contribution in [0.4, 0.5) is 0 Å². The topological polar surface area (TPSA) is 55.8 Å². The Morgan fingerprint density at radius 1 is 1.33 bits per heavy atom. The first-order valence-electron chi connectivity index (χ1n) is 6.12. The van der Waals surface area contributed by atoms with Gasteiger partial charge in [0.15, 0.2) is 0 Å². The lowest BCUT2D eigenvalue weighted by atomic mass is 9.96. The zero-order chi connectivity index (χ0) is 13.1. The normalized spacial score (nSPS) is 18.7. The molecule has 0 saturated carbocycles. The number of benzene rings is 1. The first-order valence-corrected chi connectivity index (χ1v) is 6.12. The summed E-state index contributed by atoms with van der Waals surface area (Å²) in [6.45, 7) is 0. The van der Waals surface area contributed by atoms with E-state index in [1.807, 2.05) is 12.1 Å². The van der Waals surface area contributed by atoms with Crippen molar-refractivity contribution in [2.24, 2.45) is 5.92 Å². The molecule has 1 aliphatic rings. The van der Waals surface area contributed by atoms with Gasteiger partial charge in [-0.05, 0) is 42.9 Å². The van der Waals surface area contributed by atoms with Gasteiger partial charge >= 0.3 is 5.97 Å². The van der Waals surface area contributed by atoms with Gasteiger partial charge in [-0.15, -0.1) is 0 Å². The third kappa shape index (κ3) is 2.42. The minimum absolute atomic E-state index is 0.303. The van der Waals surface area contributed by atoms with Gasteiger partial charge < -0.3 is 14.6 Å². The highest BCUT2D eigenvalue weighted by atomic mass is 16.5. The number of rotatable bonds is 3. The monoisotopic (exact) mass is 250 g/mol. The number of ether oxygens (including phenoxy) is 2. The SMILES string of the molecule is COc1cc2c(c(OC)c1)CCC[C@H](C(=O)O)C2. The molecule has 0 aromatic heterocycles. The van der Waals surface area contributed by atoms with Crippen LogP contribution in [0, 0.1) is 5.92 Å². The predicted octanol–water partition coefficient (Wildman–Crippen LogP) is 2.28. The molecule has 1 aliphatic carbocycles. The predicted molar refractivity (Wildman–Crippen MR) is 67.3 cm³/mol. The Morgan fingerprint density at radius 3 is 2.72 bits per heavy atom. The van der Waals surface area contributed by atoms with E-state index < -0.39 is 5.97 Å². The summed E-state index contributed by atoms with van der Waals surface area (Å²) in [4.78, 5) is 11.2. The quantitative estimate of drug-likeness (QED) is 0.836. The van der Waals surface area contributed by atoms with E-state index in [0.29, 0.717) is 6.42 Å². The van der Waals surface area contributed by atoms with Crippen LogP contribution in [0.2, 0.25) is 0 Å². The average Bonchev–Trinajstić information content (AvgIpc) is 2.59. The van der Waals surface area contributed by atoms with Crippen molar-refractivity contribution in [2.45, 2.75) is 25.7 Å². The first kappa shape index (κ1) is 12.7. The van der Waals surface area contributed by atoms with E-state index in [1.165, 1.54) is 0 Å². The van der Waals surface area contributed by atoms with E-state index in [0.717, 1.165) is 41.9 Å². The number of aliphatic carboxylic acids is 1. The van der Waals surface area contributed by atoms with Crippen LogP contribution in [0.15, 0.2) is 12.1 Å². The second kappa shape index (κ2) is 5.29. The van der Waals surface area contributed by atoms with Gasteiger partial charge in [0.25, 0.3) is 0 Å². The number of fused-ring (bicyclic) bond motifs is 1. The molecule has 0 aliphatic heterocycles. The minimum Gasteiger partial charge on any atom is -0.497 e. The highest BCUT2D eigenvalue weighted by Gasteiger charge is 2.24. The Labute approximate surface area is 107 Å². The van der Waals surface area contributed by atoms with Crippen LogP contribution in [-0.2, 0) is 17.6 Å². The zero-order valence-electron chi connectivity index (χ0n) is 10.7. The van der Waals surface area contributed by atoms with Gasteiger partial charge in [-0.2, -0.15) is 0 Å². The van der Waals surface area contributed by atoms with Gasteiger partial charge in [-0.3, -0.25) is 4.79 Å². The fourth-order valence-corrected chi connectivity index (χ4v) is 2.54. The molecule has 0 saturated heterocycles. The number of carboxylic acid groups (broad SMARTS) is 1. The molecular formula is C14H18O4. The summed E-state index contributed by atoms with van der Waals surface area (Å²) >= 11 is 0. The number of carbonyl (C=O) groups is 1. The van der Waals surface area contributed by atoms with E-state index in [1.54, 1.807) is 14.2 Å². The van der Waals surface area contributed by atoms with Gasteiger partial charge in [0.05, 0.1) is 20.1 Å². The van der Waals surface area contributed by atoms with Gasteiger partial charge in [-0.1, -0.05) is 0 Å². The summed E-state index contributed by atoms with van der Waals surface area (Å²) in [5.74, 6) is 0.500. The van der Waals surface area contributed by atoms with E-state index in [9.17, 15) is 9.90 Å². The molecule has 0 bridgehead atoms. The van der Waals surface area contributed by atoms with Gasteiger partial charge in [0, 0.05) is 6.07 Å². The van der Waals surface area contributed by atoms with Crippen molar-refractivity contribution in [1.82, 2.24) is 0 Å². The van der Waals surface area contributed by atoms with Crippen LogP contribution in [0.25, 0.3) is 0 Å². The average molecular weight is 250 g/mol. The summed E-state index contributed by atoms with van der Waals surface area (Å²) in [6.07, 6.45) is 3.02. The van der Waals surface area contributed by atoms with Gasteiger partial charge in [0.1, 0.15) is 11.5 Å². The van der Waals surface area contributed by atoms with E-state index in [4.69, 9.17) is 9.47 Å². The van der Waals surface area contributed by atoms with Crippen LogP contribution in [-0.4, -0.2) is 25.3 Å². The number of carboxylic acids is 1. The van der Waals surface area contributed by atoms with Crippen molar-refractivity contribution in [2.75, 3.05) is 14.2 Å². The fourth-order valence-electron chi connectivity index (χ4n) is 2.54. The summed E-state index contributed by atoms with van der Waals surface area (Å²) in [6, 6.07) is 3.79. The summed E-state index contributed by atoms with van der Waals surface area (Å²) < 4.78 is 10.6. The lowest BCUT2D eigenvalue weighted by Gasteiger charge is -2.14. The highest BCUT2D eigenvalue weighted by Crippen LogP contribution is 2.34. The molecule has 4 heteroatoms. The fraction of sp³-hybridized carbons (Fsp3) is 0.500. The van der Waals surface area contributed by atoms with Crippen molar-refractivity contribution in [3.63, 3.8) is 0 Å². The molecule has 0 unspecified atom stereocenters. The van der Waals surface area contributed by atoms with Crippen LogP contribution in [0.3, 0.4) is 0 Å². The smallest absolute Gasteiger partial charge is 0.306 e. The van der Waals surface area contributed by atoms with Crippen molar-refractivity contribution in [1.29, 1.82) is 0 Å². The number of hydrogen-bond acceptors (Lipinski definition) is 3. The highest BCUT2D eigenvalue weighted by molar-refractivity contribution is 5.71. The van der Waals surface area contributed by atoms with Crippen LogP contribution in [0.5, 0.6) is 11.5 Å². The van der Waals surface area contributed by atoms with Crippen LogP contribution < -0.4 is 9.47 Å². The zero-order valence-corrected chi connectivity index (χ0v) is 10.7. The minimum atomic E-state index is -0.718. The molecule has 0 radical (unpaired) electrons. The molecule has 4 nitrogen and oxygen atoms in total. The van der Waals surface area contributed by atoms with Crippen molar-refractivity contribution >= 4 is 5.97 Å². The second-order valence-corrected chi connectivity index (χ2v) is 4.60. The van der Waals surface area contributed by atoms with Crippen molar-refractivity contribution < 1.29 is 19.4 Å². The number of methoxy groups -OCH3 is 2. The molecule has 0 heterocycles. The third-order valence-electron chi connectivity index (χ3n) is 3.53. The molecule has 1 aromatic rings. The van der Waals surface area contributed by atoms with Gasteiger partial charge in [0.2, 0.25) is 0 Å². The first-order chi connectivity index (χ1) is 8.65. The molecule has 18 heavy (non-hydrogen) atoms. The Balaban J connectivity index is 2.42. The second-order valence-electron chi connectivity index (χ2n) is 4.60. The van der Waals surface area contributed by atoms with E-state index in [2.05, 4.69) is 0 Å². The molecule has 2 rings (SSSR count). The van der Waals surface area contributed by atoms with Crippen LogP contribution in [0.1, 0.15) is 24.0 Å². The molecule has 1 atom stereocenters. The summed E-state index contributed by atoms with van der Waals surface area (Å²) in [7, 11) is 3.24.